The molecule has 2 aromatic rings. The van der Waals surface area contributed by atoms with Crippen molar-refractivity contribution >= 4 is 0 Å². The van der Waals surface area contributed by atoms with E-state index >= 15 is 0 Å². The van der Waals surface area contributed by atoms with E-state index in [9.17, 15) is 0 Å². The van der Waals surface area contributed by atoms with Crippen LogP contribution >= 0.6 is 0 Å². The summed E-state index contributed by atoms with van der Waals surface area (Å²) in [4.78, 5) is 4.93. The van der Waals surface area contributed by atoms with Crippen LogP contribution in [0.3, 0.4) is 0 Å². The topological polar surface area (TPSA) is 24.3 Å². The summed E-state index contributed by atoms with van der Waals surface area (Å²) in [7, 11) is 4.48. The molecule has 1 heterocycles. The Morgan fingerprint density at radius 1 is 1.08 bits per heavy atom. The predicted octanol–water partition coefficient (Wildman–Crippen LogP) is 3.49. The number of hydrogen-bond acceptors (Lipinski definition) is 3. The van der Waals surface area contributed by atoms with Crippen molar-refractivity contribution in [2.75, 3.05) is 27.2 Å². The van der Waals surface area contributed by atoms with Gasteiger partial charge in [-0.15, -0.1) is 0 Å². The van der Waals surface area contributed by atoms with Gasteiger partial charge in [-0.3, -0.25) is 0 Å². The lowest BCUT2D eigenvalue weighted by molar-refractivity contribution is 0.204. The normalized spacial score (nSPS) is 15.7. The molecule has 0 bridgehead atoms. The van der Waals surface area contributed by atoms with Crippen LogP contribution in [0.5, 0.6) is 0 Å². The van der Waals surface area contributed by atoms with Gasteiger partial charge in [0.05, 0.1) is 11.9 Å². The minimum atomic E-state index is 0.808. The van der Waals surface area contributed by atoms with E-state index in [0.29, 0.717) is 0 Å². The fourth-order valence-electron chi connectivity index (χ4n) is 3.53. The highest BCUT2D eigenvalue weighted by molar-refractivity contribution is 5.33. The van der Waals surface area contributed by atoms with Gasteiger partial charge in [-0.1, -0.05) is 30.5 Å². The monoisotopic (exact) mass is 326 g/mol. The lowest BCUT2D eigenvalue weighted by atomic mass is 10.2. The molecule has 4 nitrogen and oxygen atoms in total. The van der Waals surface area contributed by atoms with Crippen molar-refractivity contribution in [3.05, 3.63) is 47.8 Å². The second kappa shape index (κ2) is 7.95. The molecule has 4 heteroatoms. The van der Waals surface area contributed by atoms with Crippen LogP contribution in [0.1, 0.15) is 36.8 Å². The van der Waals surface area contributed by atoms with Gasteiger partial charge in [0, 0.05) is 37.4 Å². The summed E-state index contributed by atoms with van der Waals surface area (Å²) in [5, 5.41) is 4.51. The molecule has 1 fully saturated rings. The van der Waals surface area contributed by atoms with E-state index in [4.69, 9.17) is 0 Å². The minimum absolute atomic E-state index is 0.808. The summed E-state index contributed by atoms with van der Waals surface area (Å²) in [5.74, 6) is 0. The third-order valence-electron chi connectivity index (χ3n) is 5.17. The van der Waals surface area contributed by atoms with Crippen LogP contribution < -0.4 is 0 Å². The summed E-state index contributed by atoms with van der Waals surface area (Å²) in [6, 6.07) is 9.30. The minimum Gasteiger partial charge on any atom is -0.302 e. The molecule has 0 aliphatic heterocycles. The average Bonchev–Trinajstić information content (AvgIpc) is 3.25. The van der Waals surface area contributed by atoms with Crippen molar-refractivity contribution < 1.29 is 0 Å². The largest absolute Gasteiger partial charge is 0.302 e. The molecule has 0 atom stereocenters. The number of nitrogens with zero attached hydrogens (tertiary/aromatic N) is 4. The van der Waals surface area contributed by atoms with E-state index in [-0.39, 0.29) is 0 Å². The second-order valence-electron chi connectivity index (χ2n) is 7.29. The Balaban J connectivity index is 1.49. The zero-order valence-electron chi connectivity index (χ0n) is 15.3. The highest BCUT2D eigenvalue weighted by Gasteiger charge is 2.19. The van der Waals surface area contributed by atoms with Crippen molar-refractivity contribution in [1.82, 2.24) is 19.6 Å². The Bertz CT molecular complexity index is 625. The Morgan fingerprint density at radius 3 is 2.50 bits per heavy atom. The first-order valence-corrected chi connectivity index (χ1v) is 9.11. The van der Waals surface area contributed by atoms with Gasteiger partial charge >= 0.3 is 0 Å². The predicted molar refractivity (Wildman–Crippen MR) is 99.5 cm³/mol. The van der Waals surface area contributed by atoms with E-state index in [0.717, 1.165) is 31.4 Å². The summed E-state index contributed by atoms with van der Waals surface area (Å²) in [6.07, 6.45) is 9.69. The Labute approximate surface area is 146 Å². The maximum Gasteiger partial charge on any atom is 0.0645 e. The van der Waals surface area contributed by atoms with Crippen molar-refractivity contribution in [1.29, 1.82) is 0 Å². The summed E-state index contributed by atoms with van der Waals surface area (Å²) >= 11 is 0. The first-order chi connectivity index (χ1) is 11.6. The molecular formula is C20H30N4. The number of aryl methyl sites for hydroxylation is 1. The molecule has 0 amide bonds. The van der Waals surface area contributed by atoms with Gasteiger partial charge in [-0.05, 0) is 46.0 Å². The van der Waals surface area contributed by atoms with Crippen molar-refractivity contribution in [2.45, 2.75) is 45.2 Å². The van der Waals surface area contributed by atoms with Crippen LogP contribution in [0, 0.1) is 6.92 Å². The van der Waals surface area contributed by atoms with Gasteiger partial charge in [0.25, 0.3) is 0 Å². The molecule has 0 radical (unpaired) electrons. The summed E-state index contributed by atoms with van der Waals surface area (Å²) in [6.45, 7) is 5.30. The van der Waals surface area contributed by atoms with E-state index in [1.807, 2.05) is 10.9 Å². The highest BCUT2D eigenvalue weighted by Crippen LogP contribution is 2.22. The quantitative estimate of drug-likeness (QED) is 0.778. The smallest absolute Gasteiger partial charge is 0.0645 e. The van der Waals surface area contributed by atoms with Crippen molar-refractivity contribution in [2.24, 2.45) is 0 Å². The first kappa shape index (κ1) is 17.2. The summed E-state index contributed by atoms with van der Waals surface area (Å²) < 4.78 is 1.97. The van der Waals surface area contributed by atoms with Crippen molar-refractivity contribution in [3.63, 3.8) is 0 Å². The molecule has 24 heavy (non-hydrogen) atoms. The number of hydrogen-bond donors (Lipinski definition) is 0. The Morgan fingerprint density at radius 2 is 1.79 bits per heavy atom. The standard InChI is InChI=1S/C20H30N4/c1-17-8-10-20(11-9-17)24-16-18(14-21-24)15-22(2)12-13-23(3)19-6-4-5-7-19/h8-11,14,16,19H,4-7,12-13,15H2,1-3H3. The average molecular weight is 326 g/mol. The number of likely N-dealkylation sites (N-methyl/N-ethyl adjacent to an activating group) is 2. The first-order valence-electron chi connectivity index (χ1n) is 9.11. The molecule has 1 aliphatic carbocycles. The molecule has 1 saturated carbocycles. The van der Waals surface area contributed by atoms with Crippen molar-refractivity contribution in [3.8, 4) is 5.69 Å². The van der Waals surface area contributed by atoms with Crippen LogP contribution in [0.2, 0.25) is 0 Å². The SMILES string of the molecule is Cc1ccc(-n2cc(CN(C)CCN(C)C3CCCC3)cn2)cc1. The van der Waals surface area contributed by atoms with E-state index in [1.54, 1.807) is 0 Å². The molecule has 0 N–H and O–H groups in total. The summed E-state index contributed by atoms with van der Waals surface area (Å²) in [5.41, 5.74) is 3.66. The lowest BCUT2D eigenvalue weighted by Crippen LogP contribution is -2.36. The zero-order chi connectivity index (χ0) is 16.9. The molecule has 1 aromatic carbocycles. The number of rotatable bonds is 7. The van der Waals surface area contributed by atoms with Gasteiger partial charge in [0.15, 0.2) is 0 Å². The molecular weight excluding hydrogens is 296 g/mol. The molecule has 1 aliphatic rings. The van der Waals surface area contributed by atoms with Crippen LogP contribution in [0.15, 0.2) is 36.7 Å². The van der Waals surface area contributed by atoms with E-state index in [2.05, 4.69) is 66.4 Å². The maximum atomic E-state index is 4.51. The van der Waals surface area contributed by atoms with Gasteiger partial charge in [-0.25, -0.2) is 4.68 Å². The molecule has 3 rings (SSSR count). The molecule has 0 spiro atoms. The highest BCUT2D eigenvalue weighted by atomic mass is 15.3. The molecule has 0 unspecified atom stereocenters. The molecule has 130 valence electrons. The van der Waals surface area contributed by atoms with Gasteiger partial charge in [0.1, 0.15) is 0 Å². The van der Waals surface area contributed by atoms with Crippen LogP contribution in [-0.2, 0) is 6.54 Å². The molecule has 1 aromatic heterocycles. The number of benzene rings is 1. The Kier molecular flexibility index (Phi) is 5.69. The van der Waals surface area contributed by atoms with Crippen LogP contribution in [0.4, 0.5) is 0 Å². The van der Waals surface area contributed by atoms with E-state index in [1.165, 1.54) is 36.8 Å². The van der Waals surface area contributed by atoms with Gasteiger partial charge < -0.3 is 9.80 Å². The third-order valence-corrected chi connectivity index (χ3v) is 5.17. The van der Waals surface area contributed by atoms with E-state index < -0.39 is 0 Å². The fraction of sp³-hybridized carbons (Fsp3) is 0.550. The third kappa shape index (κ3) is 4.46. The lowest BCUT2D eigenvalue weighted by Gasteiger charge is -2.26. The second-order valence-corrected chi connectivity index (χ2v) is 7.29. The maximum absolute atomic E-state index is 4.51. The zero-order valence-corrected chi connectivity index (χ0v) is 15.3. The van der Waals surface area contributed by atoms with Gasteiger partial charge in [0.2, 0.25) is 0 Å². The van der Waals surface area contributed by atoms with Gasteiger partial charge in [-0.2, -0.15) is 5.10 Å². The molecule has 0 saturated heterocycles. The fourth-order valence-corrected chi connectivity index (χ4v) is 3.53. The number of aromatic nitrogens is 2. The van der Waals surface area contributed by atoms with Crippen LogP contribution in [0.25, 0.3) is 5.69 Å². The Hall–Kier alpha value is -1.65. The van der Waals surface area contributed by atoms with Crippen LogP contribution in [-0.4, -0.2) is 52.8 Å².